The van der Waals surface area contributed by atoms with E-state index >= 15 is 0 Å². The van der Waals surface area contributed by atoms with Gasteiger partial charge in [0.05, 0.1) is 6.10 Å². The van der Waals surface area contributed by atoms with Gasteiger partial charge in [-0.3, -0.25) is 9.79 Å². The van der Waals surface area contributed by atoms with Crippen molar-refractivity contribution in [1.29, 1.82) is 0 Å². The minimum absolute atomic E-state index is 0.0625. The summed E-state index contributed by atoms with van der Waals surface area (Å²) in [4.78, 5) is 16.7. The van der Waals surface area contributed by atoms with Crippen molar-refractivity contribution in [2.75, 3.05) is 33.3 Å². The summed E-state index contributed by atoms with van der Waals surface area (Å²) in [5.41, 5.74) is 4.31. The number of benzene rings is 2. The third-order valence-electron chi connectivity index (χ3n) is 5.80. The number of rotatable bonds is 8. The van der Waals surface area contributed by atoms with E-state index in [9.17, 15) is 4.79 Å². The fraction of sp³-hybridized carbons (Fsp3) is 0.462. The lowest BCUT2D eigenvalue weighted by molar-refractivity contribution is -0.0250. The van der Waals surface area contributed by atoms with E-state index in [-0.39, 0.29) is 12.0 Å². The molecule has 32 heavy (non-hydrogen) atoms. The van der Waals surface area contributed by atoms with Crippen molar-refractivity contribution in [1.82, 2.24) is 16.0 Å². The smallest absolute Gasteiger partial charge is 0.251 e. The average molecular weight is 437 g/mol. The zero-order valence-corrected chi connectivity index (χ0v) is 19.5. The van der Waals surface area contributed by atoms with Crippen LogP contribution >= 0.6 is 0 Å². The maximum absolute atomic E-state index is 11.8. The second kappa shape index (κ2) is 12.2. The lowest BCUT2D eigenvalue weighted by Crippen LogP contribution is -2.39. The van der Waals surface area contributed by atoms with E-state index < -0.39 is 0 Å². The third-order valence-corrected chi connectivity index (χ3v) is 5.80. The van der Waals surface area contributed by atoms with Crippen molar-refractivity contribution in [2.24, 2.45) is 10.9 Å². The second-order valence-electron chi connectivity index (χ2n) is 8.28. The first kappa shape index (κ1) is 23.8. The van der Waals surface area contributed by atoms with Gasteiger partial charge >= 0.3 is 0 Å². The van der Waals surface area contributed by atoms with E-state index in [4.69, 9.17) is 9.73 Å². The molecule has 0 radical (unpaired) electrons. The number of amides is 1. The Morgan fingerprint density at radius 2 is 1.97 bits per heavy atom. The van der Waals surface area contributed by atoms with Gasteiger partial charge in [0.1, 0.15) is 0 Å². The maximum Gasteiger partial charge on any atom is 0.251 e. The standard InChI is InChI=1S/C26H36N4O2/c1-4-28-26(29-15-14-20-7-5-8-22(17-20)25(31)27-3)30-18-23-9-6-16-32-24(23)21-12-10-19(2)11-13-21/h5,7-8,10-13,17,23-24H,4,6,9,14-16,18H2,1-3H3,(H,27,31)(H2,28,29,30). The molecule has 6 heteroatoms. The largest absolute Gasteiger partial charge is 0.373 e. The van der Waals surface area contributed by atoms with Gasteiger partial charge in [-0.05, 0) is 56.4 Å². The van der Waals surface area contributed by atoms with Crippen LogP contribution in [-0.4, -0.2) is 45.2 Å². The van der Waals surface area contributed by atoms with Crippen molar-refractivity contribution in [3.05, 3.63) is 70.8 Å². The molecule has 0 aromatic heterocycles. The summed E-state index contributed by atoms with van der Waals surface area (Å²) < 4.78 is 6.14. The summed E-state index contributed by atoms with van der Waals surface area (Å²) >= 11 is 0. The van der Waals surface area contributed by atoms with Gasteiger partial charge in [0.15, 0.2) is 5.96 Å². The van der Waals surface area contributed by atoms with Gasteiger partial charge in [-0.1, -0.05) is 42.0 Å². The van der Waals surface area contributed by atoms with Gasteiger partial charge in [0.2, 0.25) is 0 Å². The van der Waals surface area contributed by atoms with E-state index in [1.54, 1.807) is 7.05 Å². The Balaban J connectivity index is 1.59. The average Bonchev–Trinajstić information content (AvgIpc) is 2.83. The molecule has 2 aromatic rings. The van der Waals surface area contributed by atoms with E-state index in [0.29, 0.717) is 11.5 Å². The zero-order chi connectivity index (χ0) is 22.8. The first-order valence-corrected chi connectivity index (χ1v) is 11.6. The molecule has 0 aliphatic carbocycles. The van der Waals surface area contributed by atoms with Gasteiger partial charge < -0.3 is 20.7 Å². The van der Waals surface area contributed by atoms with Gasteiger partial charge in [-0.25, -0.2) is 0 Å². The highest BCUT2D eigenvalue weighted by atomic mass is 16.5. The molecule has 1 fully saturated rings. The highest BCUT2D eigenvalue weighted by Crippen LogP contribution is 2.33. The predicted molar refractivity (Wildman–Crippen MR) is 130 cm³/mol. The topological polar surface area (TPSA) is 74.8 Å². The Morgan fingerprint density at radius 1 is 1.16 bits per heavy atom. The van der Waals surface area contributed by atoms with Crippen molar-refractivity contribution >= 4 is 11.9 Å². The normalized spacial score (nSPS) is 18.8. The Labute approximate surface area is 191 Å². The molecule has 1 heterocycles. The first-order chi connectivity index (χ1) is 15.6. The van der Waals surface area contributed by atoms with Gasteiger partial charge in [0.25, 0.3) is 5.91 Å². The van der Waals surface area contributed by atoms with Crippen LogP contribution in [0.15, 0.2) is 53.5 Å². The van der Waals surface area contributed by atoms with Crippen LogP contribution in [0.1, 0.15) is 52.9 Å². The van der Waals surface area contributed by atoms with Gasteiger partial charge in [-0.2, -0.15) is 0 Å². The van der Waals surface area contributed by atoms with Crippen LogP contribution in [0.3, 0.4) is 0 Å². The molecule has 2 atom stereocenters. The number of nitrogens with zero attached hydrogens (tertiary/aromatic N) is 1. The Hall–Kier alpha value is -2.86. The molecule has 3 N–H and O–H groups in total. The van der Waals surface area contributed by atoms with Crippen molar-refractivity contribution < 1.29 is 9.53 Å². The maximum atomic E-state index is 11.8. The number of carbonyl (C=O) groups is 1. The number of nitrogens with one attached hydrogen (secondary N) is 3. The van der Waals surface area contributed by atoms with Crippen LogP contribution in [-0.2, 0) is 11.2 Å². The summed E-state index contributed by atoms with van der Waals surface area (Å²) in [6.45, 7) is 7.26. The van der Waals surface area contributed by atoms with Crippen LogP contribution in [0.5, 0.6) is 0 Å². The predicted octanol–water partition coefficient (Wildman–Crippen LogP) is 3.62. The molecule has 0 bridgehead atoms. The second-order valence-corrected chi connectivity index (χ2v) is 8.28. The molecule has 2 unspecified atom stereocenters. The molecule has 1 amide bonds. The van der Waals surface area contributed by atoms with Crippen LogP contribution in [0.4, 0.5) is 0 Å². The zero-order valence-electron chi connectivity index (χ0n) is 19.5. The summed E-state index contributed by atoms with van der Waals surface area (Å²) in [7, 11) is 1.65. The molecule has 0 saturated carbocycles. The lowest BCUT2D eigenvalue weighted by atomic mass is 9.89. The fourth-order valence-electron chi connectivity index (χ4n) is 4.04. The molecule has 0 spiro atoms. The van der Waals surface area contributed by atoms with Crippen LogP contribution in [0.25, 0.3) is 0 Å². The number of hydrogen-bond donors (Lipinski definition) is 3. The minimum atomic E-state index is -0.0625. The summed E-state index contributed by atoms with van der Waals surface area (Å²) in [6.07, 6.45) is 3.11. The third kappa shape index (κ3) is 6.82. The lowest BCUT2D eigenvalue weighted by Gasteiger charge is -2.31. The highest BCUT2D eigenvalue weighted by molar-refractivity contribution is 5.94. The van der Waals surface area contributed by atoms with E-state index in [1.165, 1.54) is 11.1 Å². The fourth-order valence-corrected chi connectivity index (χ4v) is 4.04. The molecule has 6 nitrogen and oxygen atoms in total. The number of aliphatic imine (C=N–C) groups is 1. The first-order valence-electron chi connectivity index (χ1n) is 11.6. The quantitative estimate of drug-likeness (QED) is 0.436. The highest BCUT2D eigenvalue weighted by Gasteiger charge is 2.27. The number of aryl methyl sites for hydroxylation is 1. The summed E-state index contributed by atoms with van der Waals surface area (Å²) in [6, 6.07) is 16.4. The van der Waals surface area contributed by atoms with E-state index in [0.717, 1.165) is 57.0 Å². The molecule has 2 aromatic carbocycles. The molecule has 1 saturated heterocycles. The molecular formula is C26H36N4O2. The summed E-state index contributed by atoms with van der Waals surface area (Å²) in [5.74, 6) is 1.13. The van der Waals surface area contributed by atoms with Crippen molar-refractivity contribution in [3.63, 3.8) is 0 Å². The molecule has 1 aliphatic rings. The number of carbonyl (C=O) groups excluding carboxylic acids is 1. The number of ether oxygens (including phenoxy) is 1. The SMILES string of the molecule is CCNC(=NCC1CCCOC1c1ccc(C)cc1)NCCc1cccc(C(=O)NC)c1. The van der Waals surface area contributed by atoms with Gasteiger partial charge in [0, 0.05) is 44.8 Å². The van der Waals surface area contributed by atoms with Crippen LogP contribution in [0, 0.1) is 12.8 Å². The molecular weight excluding hydrogens is 400 g/mol. The van der Waals surface area contributed by atoms with Crippen LogP contribution < -0.4 is 16.0 Å². The van der Waals surface area contributed by atoms with Crippen molar-refractivity contribution in [3.8, 4) is 0 Å². The molecule has 172 valence electrons. The van der Waals surface area contributed by atoms with Crippen LogP contribution in [0.2, 0.25) is 0 Å². The minimum Gasteiger partial charge on any atom is -0.373 e. The number of guanidine groups is 1. The Kier molecular flexibility index (Phi) is 9.11. The Morgan fingerprint density at radius 3 is 2.72 bits per heavy atom. The number of hydrogen-bond acceptors (Lipinski definition) is 3. The van der Waals surface area contributed by atoms with E-state index in [1.807, 2.05) is 24.3 Å². The monoisotopic (exact) mass is 436 g/mol. The van der Waals surface area contributed by atoms with E-state index in [2.05, 4.69) is 54.1 Å². The van der Waals surface area contributed by atoms with Gasteiger partial charge in [-0.15, -0.1) is 0 Å². The molecule has 1 aliphatic heterocycles. The summed E-state index contributed by atoms with van der Waals surface area (Å²) in [5, 5.41) is 9.45. The van der Waals surface area contributed by atoms with Crippen molar-refractivity contribution in [2.45, 2.75) is 39.2 Å². The molecule has 3 rings (SSSR count). The Bertz CT molecular complexity index is 895.